The van der Waals surface area contributed by atoms with Crippen LogP contribution in [0.1, 0.15) is 25.7 Å². The molecule has 5 heteroatoms. The highest BCUT2D eigenvalue weighted by atomic mass is 16.3. The topological polar surface area (TPSA) is 64.6 Å². The smallest absolute Gasteiger partial charge is 0.237 e. The summed E-state index contributed by atoms with van der Waals surface area (Å²) in [6.07, 6.45) is 3.91. The first-order valence-corrected chi connectivity index (χ1v) is 6.68. The molecule has 2 aliphatic heterocycles. The van der Waals surface area contributed by atoms with E-state index in [0.717, 1.165) is 25.6 Å². The molecule has 96 valence electrons. The lowest BCUT2D eigenvalue weighted by molar-refractivity contribution is -0.123. The highest BCUT2D eigenvalue weighted by Gasteiger charge is 2.36. The van der Waals surface area contributed by atoms with Crippen molar-refractivity contribution in [2.75, 3.05) is 19.6 Å². The first kappa shape index (κ1) is 11.4. The zero-order valence-corrected chi connectivity index (χ0v) is 10.1. The third-order valence-corrected chi connectivity index (χ3v) is 4.05. The van der Waals surface area contributed by atoms with Crippen molar-refractivity contribution in [3.63, 3.8) is 0 Å². The van der Waals surface area contributed by atoms with Crippen LogP contribution in [0, 0.1) is 0 Å². The average molecular weight is 239 g/mol. The fourth-order valence-corrected chi connectivity index (χ4v) is 2.90. The van der Waals surface area contributed by atoms with E-state index in [0.29, 0.717) is 19.0 Å². The van der Waals surface area contributed by atoms with E-state index in [1.807, 2.05) is 0 Å². The second kappa shape index (κ2) is 4.55. The summed E-state index contributed by atoms with van der Waals surface area (Å²) >= 11 is 0. The van der Waals surface area contributed by atoms with Gasteiger partial charge in [0.15, 0.2) is 0 Å². The van der Waals surface area contributed by atoms with E-state index < -0.39 is 0 Å². The molecule has 1 saturated carbocycles. The molecule has 3 aliphatic rings. The zero-order valence-electron chi connectivity index (χ0n) is 10.1. The van der Waals surface area contributed by atoms with Gasteiger partial charge in [0.25, 0.3) is 0 Å². The van der Waals surface area contributed by atoms with Crippen LogP contribution < -0.4 is 10.6 Å². The van der Waals surface area contributed by atoms with E-state index in [9.17, 15) is 9.90 Å². The Morgan fingerprint density at radius 2 is 2.18 bits per heavy atom. The van der Waals surface area contributed by atoms with Crippen LogP contribution in [0.15, 0.2) is 0 Å². The predicted molar refractivity (Wildman–Crippen MR) is 63.6 cm³/mol. The number of nitrogens with zero attached hydrogens (tertiary/aromatic N) is 1. The number of nitrogens with one attached hydrogen (secondary N) is 2. The van der Waals surface area contributed by atoms with Gasteiger partial charge in [0, 0.05) is 31.7 Å². The lowest BCUT2D eigenvalue weighted by Crippen LogP contribution is -2.46. The Bertz CT molecular complexity index is 306. The van der Waals surface area contributed by atoms with Gasteiger partial charge in [0.05, 0.1) is 12.1 Å². The molecule has 3 fully saturated rings. The quantitative estimate of drug-likeness (QED) is 0.595. The molecule has 1 amide bonds. The molecule has 2 saturated heterocycles. The molecule has 5 nitrogen and oxygen atoms in total. The number of rotatable bonds is 3. The van der Waals surface area contributed by atoms with Crippen LogP contribution in [-0.2, 0) is 4.79 Å². The van der Waals surface area contributed by atoms with Gasteiger partial charge in [-0.05, 0) is 25.7 Å². The van der Waals surface area contributed by atoms with E-state index >= 15 is 0 Å². The first-order chi connectivity index (χ1) is 8.22. The van der Waals surface area contributed by atoms with Gasteiger partial charge in [-0.1, -0.05) is 0 Å². The monoisotopic (exact) mass is 239 g/mol. The second-order valence-corrected chi connectivity index (χ2v) is 5.57. The van der Waals surface area contributed by atoms with E-state index in [1.165, 1.54) is 12.8 Å². The van der Waals surface area contributed by atoms with E-state index in [-0.39, 0.29) is 18.1 Å². The zero-order chi connectivity index (χ0) is 11.8. The molecule has 3 unspecified atom stereocenters. The fraction of sp³-hybridized carbons (Fsp3) is 0.917. The molecular formula is C12H21N3O2. The standard InChI is InChI=1S/C12H21N3O2/c16-10-5-11(13-6-10)12(17)14-8-3-4-15(7-8)9-1-2-9/h8-11,13,16H,1-7H2,(H,14,17). The van der Waals surface area contributed by atoms with Gasteiger partial charge < -0.3 is 15.7 Å². The SMILES string of the molecule is O=C(NC1CCN(C2CC2)C1)C1CC(O)CN1. The van der Waals surface area contributed by atoms with Gasteiger partial charge in [-0.2, -0.15) is 0 Å². The van der Waals surface area contributed by atoms with Crippen molar-refractivity contribution in [2.45, 2.75) is 49.9 Å². The molecule has 0 spiro atoms. The Hall–Kier alpha value is -0.650. The maximum atomic E-state index is 11.9. The molecule has 2 heterocycles. The molecule has 0 radical (unpaired) electrons. The van der Waals surface area contributed by atoms with Crippen molar-refractivity contribution in [3.05, 3.63) is 0 Å². The van der Waals surface area contributed by atoms with Crippen LogP contribution in [0.25, 0.3) is 0 Å². The van der Waals surface area contributed by atoms with E-state index in [1.54, 1.807) is 0 Å². The van der Waals surface area contributed by atoms with Crippen molar-refractivity contribution in [2.24, 2.45) is 0 Å². The number of aliphatic hydroxyl groups excluding tert-OH is 1. The summed E-state index contributed by atoms with van der Waals surface area (Å²) in [4.78, 5) is 14.4. The lowest BCUT2D eigenvalue weighted by atomic mass is 10.1. The Kier molecular flexibility index (Phi) is 3.06. The van der Waals surface area contributed by atoms with Gasteiger partial charge in [-0.3, -0.25) is 9.69 Å². The average Bonchev–Trinajstić information content (AvgIpc) is 2.90. The summed E-state index contributed by atoms with van der Waals surface area (Å²) in [6.45, 7) is 2.67. The Morgan fingerprint density at radius 3 is 2.82 bits per heavy atom. The van der Waals surface area contributed by atoms with Crippen molar-refractivity contribution >= 4 is 5.91 Å². The Labute approximate surface area is 102 Å². The second-order valence-electron chi connectivity index (χ2n) is 5.57. The summed E-state index contributed by atoms with van der Waals surface area (Å²) < 4.78 is 0. The number of carbonyl (C=O) groups excluding carboxylic acids is 1. The number of aliphatic hydroxyl groups is 1. The Balaban J connectivity index is 1.45. The Morgan fingerprint density at radius 1 is 1.35 bits per heavy atom. The molecule has 3 rings (SSSR count). The van der Waals surface area contributed by atoms with Gasteiger partial charge in [0.2, 0.25) is 5.91 Å². The maximum Gasteiger partial charge on any atom is 0.237 e. The summed E-state index contributed by atoms with van der Waals surface area (Å²) in [7, 11) is 0. The number of β-amino-alcohol motifs (C(OH)–C–C–N with tert-alkyl or cyclic N) is 1. The van der Waals surface area contributed by atoms with Gasteiger partial charge in [0.1, 0.15) is 0 Å². The third-order valence-electron chi connectivity index (χ3n) is 4.05. The van der Waals surface area contributed by atoms with Crippen LogP contribution >= 0.6 is 0 Å². The highest BCUT2D eigenvalue weighted by Crippen LogP contribution is 2.29. The number of carbonyl (C=O) groups is 1. The van der Waals surface area contributed by atoms with Crippen LogP contribution in [0.3, 0.4) is 0 Å². The minimum Gasteiger partial charge on any atom is -0.392 e. The normalized spacial score (nSPS) is 38.5. The molecule has 0 aromatic heterocycles. The van der Waals surface area contributed by atoms with Gasteiger partial charge in [-0.15, -0.1) is 0 Å². The predicted octanol–water partition coefficient (Wildman–Crippen LogP) is -0.938. The maximum absolute atomic E-state index is 11.9. The molecule has 0 aromatic rings. The minimum atomic E-state index is -0.364. The third kappa shape index (κ3) is 2.61. The summed E-state index contributed by atoms with van der Waals surface area (Å²) in [5.74, 6) is 0.0594. The lowest BCUT2D eigenvalue weighted by Gasteiger charge is -2.18. The van der Waals surface area contributed by atoms with Gasteiger partial charge in [-0.25, -0.2) is 0 Å². The summed E-state index contributed by atoms with van der Waals surface area (Å²) in [6, 6.07) is 0.908. The van der Waals surface area contributed by atoms with E-state index in [4.69, 9.17) is 0 Å². The van der Waals surface area contributed by atoms with Crippen molar-refractivity contribution < 1.29 is 9.90 Å². The van der Waals surface area contributed by atoms with Crippen molar-refractivity contribution in [1.82, 2.24) is 15.5 Å². The van der Waals surface area contributed by atoms with Crippen LogP contribution in [0.2, 0.25) is 0 Å². The molecule has 3 N–H and O–H groups in total. The number of amides is 1. The number of hydrogen-bond acceptors (Lipinski definition) is 4. The van der Waals surface area contributed by atoms with Crippen molar-refractivity contribution in [1.29, 1.82) is 0 Å². The number of hydrogen-bond donors (Lipinski definition) is 3. The summed E-state index contributed by atoms with van der Waals surface area (Å²) in [5.41, 5.74) is 0. The number of likely N-dealkylation sites (tertiary alicyclic amines) is 1. The molecule has 1 aliphatic carbocycles. The van der Waals surface area contributed by atoms with Crippen LogP contribution in [0.4, 0.5) is 0 Å². The fourth-order valence-electron chi connectivity index (χ4n) is 2.90. The van der Waals surface area contributed by atoms with Crippen LogP contribution in [-0.4, -0.2) is 59.8 Å². The molecule has 0 aromatic carbocycles. The molecule has 3 atom stereocenters. The van der Waals surface area contributed by atoms with Gasteiger partial charge >= 0.3 is 0 Å². The highest BCUT2D eigenvalue weighted by molar-refractivity contribution is 5.82. The minimum absolute atomic E-state index is 0.0594. The molecule has 17 heavy (non-hydrogen) atoms. The first-order valence-electron chi connectivity index (χ1n) is 6.68. The molecule has 0 bridgehead atoms. The van der Waals surface area contributed by atoms with Crippen molar-refractivity contribution in [3.8, 4) is 0 Å². The largest absolute Gasteiger partial charge is 0.392 e. The van der Waals surface area contributed by atoms with E-state index in [2.05, 4.69) is 15.5 Å². The molecular weight excluding hydrogens is 218 g/mol. The summed E-state index contributed by atoms with van der Waals surface area (Å²) in [5, 5.41) is 15.5. The van der Waals surface area contributed by atoms with Crippen LogP contribution in [0.5, 0.6) is 0 Å².